The molecular formula is C17H20ClN3O3S2. The van der Waals surface area contributed by atoms with E-state index in [0.29, 0.717) is 29.0 Å². The van der Waals surface area contributed by atoms with E-state index in [1.165, 1.54) is 30.5 Å². The van der Waals surface area contributed by atoms with Crippen LogP contribution in [0.15, 0.2) is 53.4 Å². The van der Waals surface area contributed by atoms with Gasteiger partial charge in [-0.25, -0.2) is 12.7 Å². The van der Waals surface area contributed by atoms with E-state index in [2.05, 4.69) is 10.6 Å². The highest BCUT2D eigenvalue weighted by molar-refractivity contribution is 7.89. The largest absolute Gasteiger partial charge is 0.492 e. The smallest absolute Gasteiger partial charge is 0.242 e. The molecule has 0 unspecified atom stereocenters. The third-order valence-electron chi connectivity index (χ3n) is 3.36. The molecule has 0 spiro atoms. The molecule has 0 heterocycles. The Balaban J connectivity index is 1.76. The van der Waals surface area contributed by atoms with Crippen molar-refractivity contribution in [1.82, 2.24) is 9.62 Å². The first-order valence-corrected chi connectivity index (χ1v) is 9.97. The molecule has 0 aliphatic carbocycles. The average Bonchev–Trinajstić information content (AvgIpc) is 2.61. The number of nitrogens with one attached hydrogen (secondary N) is 2. The van der Waals surface area contributed by atoms with Gasteiger partial charge in [0.15, 0.2) is 5.11 Å². The Labute approximate surface area is 164 Å². The first-order chi connectivity index (χ1) is 12.3. The van der Waals surface area contributed by atoms with Gasteiger partial charge in [0.05, 0.1) is 11.4 Å². The van der Waals surface area contributed by atoms with Crippen LogP contribution in [0.3, 0.4) is 0 Å². The number of ether oxygens (including phenoxy) is 1. The molecule has 0 aliphatic rings. The second-order valence-corrected chi connectivity index (χ2v) is 8.49. The summed E-state index contributed by atoms with van der Waals surface area (Å²) in [5.74, 6) is 0.584. The summed E-state index contributed by atoms with van der Waals surface area (Å²) >= 11 is 11.0. The summed E-state index contributed by atoms with van der Waals surface area (Å²) < 4.78 is 30.7. The minimum atomic E-state index is -3.43. The molecule has 2 rings (SSSR count). The zero-order valence-corrected chi connectivity index (χ0v) is 16.8. The maximum Gasteiger partial charge on any atom is 0.242 e. The Morgan fingerprint density at radius 3 is 2.31 bits per heavy atom. The van der Waals surface area contributed by atoms with E-state index in [4.69, 9.17) is 28.6 Å². The number of thiocarbonyl (C=S) groups is 1. The van der Waals surface area contributed by atoms with Crippen molar-refractivity contribution < 1.29 is 13.2 Å². The van der Waals surface area contributed by atoms with Gasteiger partial charge in [-0.1, -0.05) is 11.6 Å². The van der Waals surface area contributed by atoms with Crippen molar-refractivity contribution in [2.45, 2.75) is 4.90 Å². The van der Waals surface area contributed by atoms with Gasteiger partial charge in [-0.05, 0) is 60.7 Å². The second-order valence-electron chi connectivity index (χ2n) is 5.50. The first kappa shape index (κ1) is 20.4. The van der Waals surface area contributed by atoms with Crippen LogP contribution < -0.4 is 15.4 Å². The lowest BCUT2D eigenvalue weighted by Gasteiger charge is -2.13. The van der Waals surface area contributed by atoms with E-state index >= 15 is 0 Å². The van der Waals surface area contributed by atoms with Crippen molar-refractivity contribution >= 4 is 44.6 Å². The topological polar surface area (TPSA) is 70.7 Å². The van der Waals surface area contributed by atoms with Crippen LogP contribution in [0.5, 0.6) is 5.75 Å². The minimum absolute atomic E-state index is 0.223. The fourth-order valence-corrected chi connectivity index (χ4v) is 3.21. The summed E-state index contributed by atoms with van der Waals surface area (Å²) in [5.41, 5.74) is 0.838. The number of hydrogen-bond donors (Lipinski definition) is 2. The van der Waals surface area contributed by atoms with Crippen LogP contribution in [-0.2, 0) is 10.0 Å². The van der Waals surface area contributed by atoms with Crippen molar-refractivity contribution in [2.24, 2.45) is 0 Å². The van der Waals surface area contributed by atoms with Gasteiger partial charge in [0.25, 0.3) is 0 Å². The molecule has 0 bridgehead atoms. The van der Waals surface area contributed by atoms with Gasteiger partial charge in [-0.15, -0.1) is 0 Å². The zero-order chi connectivity index (χ0) is 19.2. The van der Waals surface area contributed by atoms with E-state index in [-0.39, 0.29) is 4.90 Å². The molecule has 6 nitrogen and oxygen atoms in total. The van der Waals surface area contributed by atoms with Crippen LogP contribution in [0.2, 0.25) is 5.02 Å². The fraction of sp³-hybridized carbons (Fsp3) is 0.235. The maximum absolute atomic E-state index is 12.0. The van der Waals surface area contributed by atoms with Gasteiger partial charge in [0.2, 0.25) is 10.0 Å². The minimum Gasteiger partial charge on any atom is -0.492 e. The molecule has 9 heteroatoms. The van der Waals surface area contributed by atoms with E-state index < -0.39 is 10.0 Å². The quantitative estimate of drug-likeness (QED) is 0.537. The monoisotopic (exact) mass is 413 g/mol. The molecule has 140 valence electrons. The summed E-state index contributed by atoms with van der Waals surface area (Å²) in [7, 11) is -0.446. The highest BCUT2D eigenvalue weighted by Gasteiger charge is 2.16. The first-order valence-electron chi connectivity index (χ1n) is 7.75. The molecule has 0 fully saturated rings. The summed E-state index contributed by atoms with van der Waals surface area (Å²) in [6.45, 7) is 0.874. The number of sulfonamides is 1. The van der Waals surface area contributed by atoms with Crippen molar-refractivity contribution in [1.29, 1.82) is 0 Å². The summed E-state index contributed by atoms with van der Waals surface area (Å²) in [6, 6.07) is 13.5. The van der Waals surface area contributed by atoms with Crippen LogP contribution >= 0.6 is 23.8 Å². The Bertz CT molecular complexity index is 839. The molecule has 0 amide bonds. The molecule has 0 saturated heterocycles. The molecule has 0 atom stereocenters. The van der Waals surface area contributed by atoms with Crippen molar-refractivity contribution in [3.8, 4) is 5.75 Å². The van der Waals surface area contributed by atoms with Crippen molar-refractivity contribution in [3.63, 3.8) is 0 Å². The summed E-state index contributed by atoms with van der Waals surface area (Å²) in [5, 5.41) is 7.20. The molecule has 0 aromatic heterocycles. The Kier molecular flexibility index (Phi) is 7.22. The number of hydrogen-bond acceptors (Lipinski definition) is 4. The van der Waals surface area contributed by atoms with Crippen LogP contribution in [0, 0.1) is 0 Å². The van der Waals surface area contributed by atoms with Crippen molar-refractivity contribution in [2.75, 3.05) is 32.6 Å². The fourth-order valence-electron chi connectivity index (χ4n) is 1.96. The lowest BCUT2D eigenvalue weighted by Crippen LogP contribution is -2.31. The van der Waals surface area contributed by atoms with Gasteiger partial charge in [-0.2, -0.15) is 0 Å². The Morgan fingerprint density at radius 1 is 1.12 bits per heavy atom. The third-order valence-corrected chi connectivity index (χ3v) is 5.69. The molecule has 2 aromatic carbocycles. The highest BCUT2D eigenvalue weighted by atomic mass is 35.5. The SMILES string of the molecule is CN(C)S(=O)(=O)c1ccc(OCCNC(=S)Nc2ccc(Cl)cc2)cc1. The number of benzene rings is 2. The van der Waals surface area contributed by atoms with Gasteiger partial charge < -0.3 is 15.4 Å². The van der Waals surface area contributed by atoms with Gasteiger partial charge in [0.1, 0.15) is 12.4 Å². The number of anilines is 1. The molecule has 2 aromatic rings. The normalized spacial score (nSPS) is 11.2. The van der Waals surface area contributed by atoms with Gasteiger partial charge in [0, 0.05) is 24.8 Å². The van der Waals surface area contributed by atoms with Crippen LogP contribution in [0.1, 0.15) is 0 Å². The van der Waals surface area contributed by atoms with E-state index in [9.17, 15) is 8.42 Å². The number of nitrogens with zero attached hydrogens (tertiary/aromatic N) is 1. The Hall–Kier alpha value is -1.87. The number of halogens is 1. The van der Waals surface area contributed by atoms with Crippen molar-refractivity contribution in [3.05, 3.63) is 53.6 Å². The highest BCUT2D eigenvalue weighted by Crippen LogP contribution is 2.18. The Morgan fingerprint density at radius 2 is 1.73 bits per heavy atom. The molecule has 2 N–H and O–H groups in total. The number of rotatable bonds is 7. The van der Waals surface area contributed by atoms with Gasteiger partial charge >= 0.3 is 0 Å². The molecule has 0 saturated carbocycles. The van der Waals surface area contributed by atoms with Crippen LogP contribution in [0.4, 0.5) is 5.69 Å². The zero-order valence-electron chi connectivity index (χ0n) is 14.4. The van der Waals surface area contributed by atoms with E-state index in [0.717, 1.165) is 5.69 Å². The van der Waals surface area contributed by atoms with E-state index in [1.807, 2.05) is 12.1 Å². The van der Waals surface area contributed by atoms with Gasteiger partial charge in [-0.3, -0.25) is 0 Å². The predicted molar refractivity (Wildman–Crippen MR) is 108 cm³/mol. The van der Waals surface area contributed by atoms with E-state index in [1.54, 1.807) is 24.3 Å². The molecular weight excluding hydrogens is 394 g/mol. The average molecular weight is 414 g/mol. The summed E-state index contributed by atoms with van der Waals surface area (Å²) in [4.78, 5) is 0.223. The third kappa shape index (κ3) is 5.84. The lowest BCUT2D eigenvalue weighted by molar-refractivity contribution is 0.322. The predicted octanol–water partition coefficient (Wildman–Crippen LogP) is 2.96. The summed E-state index contributed by atoms with van der Waals surface area (Å²) in [6.07, 6.45) is 0. The van der Waals surface area contributed by atoms with Crippen LogP contribution in [-0.4, -0.2) is 45.1 Å². The standard InChI is InChI=1S/C17H20ClN3O3S2/c1-21(2)26(22,23)16-9-7-15(8-10-16)24-12-11-19-17(25)20-14-5-3-13(18)4-6-14/h3-10H,11-12H2,1-2H3,(H2,19,20,25). The lowest BCUT2D eigenvalue weighted by atomic mass is 10.3. The molecule has 0 radical (unpaired) electrons. The van der Waals surface area contributed by atoms with Crippen LogP contribution in [0.25, 0.3) is 0 Å². The molecule has 26 heavy (non-hydrogen) atoms. The maximum atomic E-state index is 12.0. The second kappa shape index (κ2) is 9.18. The molecule has 0 aliphatic heterocycles.